The minimum atomic E-state index is -0.571. The summed E-state index contributed by atoms with van der Waals surface area (Å²) in [4.78, 5) is 14.9. The number of pyridine rings is 1. The number of nitrogen functional groups attached to an aromatic ring is 2. The fourth-order valence-electron chi connectivity index (χ4n) is 1.51. The summed E-state index contributed by atoms with van der Waals surface area (Å²) in [5.74, 6) is 0.0303. The first-order chi connectivity index (χ1) is 9.06. The lowest BCUT2D eigenvalue weighted by atomic mass is 10.2. The molecule has 6 nitrogen and oxygen atoms in total. The SMILES string of the molecule is NC(=O)c1cc(COc2ccc(N)c(N)c2)ccn1. The Labute approximate surface area is 110 Å². The highest BCUT2D eigenvalue weighted by atomic mass is 16.5. The van der Waals surface area contributed by atoms with Gasteiger partial charge in [-0.2, -0.15) is 0 Å². The fourth-order valence-corrected chi connectivity index (χ4v) is 1.51. The molecule has 0 saturated carbocycles. The summed E-state index contributed by atoms with van der Waals surface area (Å²) >= 11 is 0. The largest absolute Gasteiger partial charge is 0.489 e. The Morgan fingerprint density at radius 3 is 2.63 bits per heavy atom. The lowest BCUT2D eigenvalue weighted by Crippen LogP contribution is -2.13. The molecule has 0 saturated heterocycles. The summed E-state index contributed by atoms with van der Waals surface area (Å²) in [5, 5.41) is 0. The number of rotatable bonds is 4. The first kappa shape index (κ1) is 12.7. The Kier molecular flexibility index (Phi) is 3.51. The molecule has 0 bridgehead atoms. The minimum absolute atomic E-state index is 0.206. The fraction of sp³-hybridized carbons (Fsp3) is 0.0769. The van der Waals surface area contributed by atoms with Crippen LogP contribution < -0.4 is 21.9 Å². The molecule has 2 rings (SSSR count). The number of nitrogens with two attached hydrogens (primary N) is 3. The predicted molar refractivity (Wildman–Crippen MR) is 72.4 cm³/mol. The molecule has 19 heavy (non-hydrogen) atoms. The van der Waals surface area contributed by atoms with Crippen molar-refractivity contribution in [3.05, 3.63) is 47.8 Å². The van der Waals surface area contributed by atoms with Crippen molar-refractivity contribution in [2.75, 3.05) is 11.5 Å². The normalized spacial score (nSPS) is 10.1. The smallest absolute Gasteiger partial charge is 0.267 e. The molecule has 2 aromatic rings. The van der Waals surface area contributed by atoms with Gasteiger partial charge >= 0.3 is 0 Å². The Balaban J connectivity index is 2.07. The summed E-state index contributed by atoms with van der Waals surface area (Å²) in [5.41, 5.74) is 18.4. The number of anilines is 2. The Morgan fingerprint density at radius 1 is 1.16 bits per heavy atom. The quantitative estimate of drug-likeness (QED) is 0.705. The van der Waals surface area contributed by atoms with Crippen LogP contribution in [-0.2, 0) is 6.61 Å². The average Bonchev–Trinajstić information content (AvgIpc) is 2.40. The molecule has 1 aromatic heterocycles. The third-order valence-corrected chi connectivity index (χ3v) is 2.54. The van der Waals surface area contributed by atoms with Gasteiger partial charge in [0.25, 0.3) is 5.91 Å². The molecule has 0 aliphatic rings. The van der Waals surface area contributed by atoms with Crippen molar-refractivity contribution in [1.29, 1.82) is 0 Å². The summed E-state index contributed by atoms with van der Waals surface area (Å²) in [6.45, 7) is 0.284. The third-order valence-electron chi connectivity index (χ3n) is 2.54. The first-order valence-electron chi connectivity index (χ1n) is 5.59. The zero-order valence-electron chi connectivity index (χ0n) is 10.2. The van der Waals surface area contributed by atoms with E-state index in [9.17, 15) is 4.79 Å². The van der Waals surface area contributed by atoms with E-state index in [2.05, 4.69) is 4.98 Å². The molecule has 0 radical (unpaired) electrons. The Hall–Kier alpha value is -2.76. The van der Waals surface area contributed by atoms with Crippen LogP contribution >= 0.6 is 0 Å². The van der Waals surface area contributed by atoms with Gasteiger partial charge in [0.2, 0.25) is 0 Å². The van der Waals surface area contributed by atoms with Crippen molar-refractivity contribution in [2.24, 2.45) is 5.73 Å². The zero-order valence-corrected chi connectivity index (χ0v) is 10.2. The molecule has 0 atom stereocenters. The molecular weight excluding hydrogens is 244 g/mol. The van der Waals surface area contributed by atoms with E-state index in [-0.39, 0.29) is 12.3 Å². The highest BCUT2D eigenvalue weighted by Gasteiger charge is 2.04. The second-order valence-corrected chi connectivity index (χ2v) is 3.99. The van der Waals surface area contributed by atoms with Crippen LogP contribution in [0.2, 0.25) is 0 Å². The highest BCUT2D eigenvalue weighted by Crippen LogP contribution is 2.22. The van der Waals surface area contributed by atoms with Gasteiger partial charge < -0.3 is 21.9 Å². The van der Waals surface area contributed by atoms with E-state index in [0.717, 1.165) is 5.56 Å². The molecule has 0 spiro atoms. The standard InChI is InChI=1S/C13H14N4O2/c14-10-2-1-9(6-11(10)15)19-7-8-3-4-17-12(5-8)13(16)18/h1-6H,7,14-15H2,(H2,16,18). The van der Waals surface area contributed by atoms with Crippen LogP contribution in [0.1, 0.15) is 16.1 Å². The summed E-state index contributed by atoms with van der Waals surface area (Å²) in [7, 11) is 0. The molecule has 1 heterocycles. The molecular formula is C13H14N4O2. The van der Waals surface area contributed by atoms with Gasteiger partial charge in [0, 0.05) is 12.3 Å². The van der Waals surface area contributed by atoms with E-state index in [0.29, 0.717) is 17.1 Å². The summed E-state index contributed by atoms with van der Waals surface area (Å²) in [6, 6.07) is 8.37. The molecule has 0 fully saturated rings. The number of primary amides is 1. The maximum absolute atomic E-state index is 11.0. The number of aromatic nitrogens is 1. The topological polar surface area (TPSA) is 117 Å². The number of benzene rings is 1. The summed E-state index contributed by atoms with van der Waals surface area (Å²) in [6.07, 6.45) is 1.51. The number of hydrogen-bond acceptors (Lipinski definition) is 5. The maximum Gasteiger partial charge on any atom is 0.267 e. The van der Waals surface area contributed by atoms with Crippen molar-refractivity contribution in [3.63, 3.8) is 0 Å². The van der Waals surface area contributed by atoms with Crippen molar-refractivity contribution < 1.29 is 9.53 Å². The average molecular weight is 258 g/mol. The predicted octanol–water partition coefficient (Wildman–Crippen LogP) is 0.924. The maximum atomic E-state index is 11.0. The van der Waals surface area contributed by atoms with Crippen LogP contribution in [0.25, 0.3) is 0 Å². The van der Waals surface area contributed by atoms with Crippen molar-refractivity contribution in [3.8, 4) is 5.75 Å². The van der Waals surface area contributed by atoms with Gasteiger partial charge in [-0.25, -0.2) is 0 Å². The molecule has 6 N–H and O–H groups in total. The minimum Gasteiger partial charge on any atom is -0.489 e. The highest BCUT2D eigenvalue weighted by molar-refractivity contribution is 5.90. The molecule has 0 unspecified atom stereocenters. The number of nitrogens with zero attached hydrogens (tertiary/aromatic N) is 1. The Bertz CT molecular complexity index is 613. The van der Waals surface area contributed by atoms with E-state index in [4.69, 9.17) is 21.9 Å². The molecule has 6 heteroatoms. The number of hydrogen-bond donors (Lipinski definition) is 3. The monoisotopic (exact) mass is 258 g/mol. The summed E-state index contributed by atoms with van der Waals surface area (Å²) < 4.78 is 5.55. The van der Waals surface area contributed by atoms with Crippen LogP contribution in [0.4, 0.5) is 11.4 Å². The van der Waals surface area contributed by atoms with Gasteiger partial charge in [0.1, 0.15) is 18.1 Å². The van der Waals surface area contributed by atoms with E-state index in [1.807, 2.05) is 0 Å². The molecule has 0 aliphatic heterocycles. The molecule has 1 amide bonds. The molecule has 98 valence electrons. The van der Waals surface area contributed by atoms with E-state index >= 15 is 0 Å². The number of carbonyl (C=O) groups excluding carboxylic acids is 1. The van der Waals surface area contributed by atoms with Gasteiger partial charge in [-0.05, 0) is 29.8 Å². The van der Waals surface area contributed by atoms with Crippen molar-refractivity contribution >= 4 is 17.3 Å². The van der Waals surface area contributed by atoms with Gasteiger partial charge in [0.05, 0.1) is 11.4 Å². The third kappa shape index (κ3) is 3.12. The number of amides is 1. The second-order valence-electron chi connectivity index (χ2n) is 3.99. The van der Waals surface area contributed by atoms with Crippen molar-refractivity contribution in [2.45, 2.75) is 6.61 Å². The van der Waals surface area contributed by atoms with Gasteiger partial charge in [-0.15, -0.1) is 0 Å². The van der Waals surface area contributed by atoms with Crippen LogP contribution in [-0.4, -0.2) is 10.9 Å². The van der Waals surface area contributed by atoms with Crippen LogP contribution in [0.15, 0.2) is 36.5 Å². The number of ether oxygens (including phenoxy) is 1. The molecule has 0 aliphatic carbocycles. The van der Waals surface area contributed by atoms with Gasteiger partial charge in [-0.1, -0.05) is 0 Å². The lowest BCUT2D eigenvalue weighted by molar-refractivity contribution is 0.0995. The van der Waals surface area contributed by atoms with E-state index < -0.39 is 5.91 Å². The van der Waals surface area contributed by atoms with Crippen molar-refractivity contribution in [1.82, 2.24) is 4.98 Å². The van der Waals surface area contributed by atoms with Crippen LogP contribution in [0.3, 0.4) is 0 Å². The Morgan fingerprint density at radius 2 is 1.95 bits per heavy atom. The molecule has 1 aromatic carbocycles. The van der Waals surface area contributed by atoms with Gasteiger partial charge in [0.15, 0.2) is 0 Å². The number of carbonyl (C=O) groups is 1. The van der Waals surface area contributed by atoms with E-state index in [1.54, 1.807) is 30.3 Å². The van der Waals surface area contributed by atoms with Crippen LogP contribution in [0, 0.1) is 0 Å². The first-order valence-corrected chi connectivity index (χ1v) is 5.59. The second kappa shape index (κ2) is 5.26. The van der Waals surface area contributed by atoms with E-state index in [1.165, 1.54) is 6.20 Å². The lowest BCUT2D eigenvalue weighted by Gasteiger charge is -2.08. The van der Waals surface area contributed by atoms with Gasteiger partial charge in [-0.3, -0.25) is 9.78 Å². The van der Waals surface area contributed by atoms with Crippen LogP contribution in [0.5, 0.6) is 5.75 Å². The zero-order chi connectivity index (χ0) is 13.8.